The van der Waals surface area contributed by atoms with Gasteiger partial charge >= 0.3 is 0 Å². The van der Waals surface area contributed by atoms with Crippen LogP contribution in [-0.4, -0.2) is 11.2 Å². The van der Waals surface area contributed by atoms with E-state index >= 15 is 0 Å². The molecule has 106 valence electrons. The summed E-state index contributed by atoms with van der Waals surface area (Å²) in [6.45, 7) is 0. The van der Waals surface area contributed by atoms with E-state index in [1.165, 1.54) is 17.7 Å². The minimum Gasteiger partial charge on any atom is -0.393 e. The second-order valence-electron chi connectivity index (χ2n) is 4.97. The summed E-state index contributed by atoms with van der Waals surface area (Å²) < 4.78 is 13.5. The maximum absolute atomic E-state index is 13.5. The number of aliphatic hydroxyl groups is 1. The Labute approximate surface area is 124 Å². The van der Waals surface area contributed by atoms with Crippen LogP contribution in [0.3, 0.4) is 0 Å². The summed E-state index contributed by atoms with van der Waals surface area (Å²) in [5, 5.41) is 10.5. The molecule has 1 nitrogen and oxygen atoms in total. The number of aryl methyl sites for hydroxylation is 1. The van der Waals surface area contributed by atoms with Crippen molar-refractivity contribution in [2.45, 2.75) is 31.8 Å². The Morgan fingerprint density at radius 3 is 2.60 bits per heavy atom. The second kappa shape index (κ2) is 7.41. The predicted molar refractivity (Wildman–Crippen MR) is 80.5 cm³/mol. The van der Waals surface area contributed by atoms with E-state index in [9.17, 15) is 9.50 Å². The lowest BCUT2D eigenvalue weighted by Gasteiger charge is -2.11. The van der Waals surface area contributed by atoms with Gasteiger partial charge in [0.1, 0.15) is 5.82 Å². The molecular formula is C17H18ClFO. The topological polar surface area (TPSA) is 20.2 Å². The molecule has 0 spiro atoms. The summed E-state index contributed by atoms with van der Waals surface area (Å²) in [5.74, 6) is -0.309. The van der Waals surface area contributed by atoms with Crippen molar-refractivity contribution in [3.63, 3.8) is 0 Å². The third-order valence-electron chi connectivity index (χ3n) is 3.31. The molecule has 0 aromatic heterocycles. The zero-order valence-corrected chi connectivity index (χ0v) is 12.0. The highest BCUT2D eigenvalue weighted by atomic mass is 35.5. The van der Waals surface area contributed by atoms with Gasteiger partial charge < -0.3 is 5.11 Å². The summed E-state index contributed by atoms with van der Waals surface area (Å²) in [6.07, 6.45) is 2.23. The lowest BCUT2D eigenvalue weighted by Crippen LogP contribution is -2.12. The van der Waals surface area contributed by atoms with Gasteiger partial charge in [-0.1, -0.05) is 41.9 Å². The van der Waals surface area contributed by atoms with Crippen molar-refractivity contribution in [3.8, 4) is 0 Å². The molecule has 0 saturated heterocycles. The summed E-state index contributed by atoms with van der Waals surface area (Å²) in [4.78, 5) is 0. The quantitative estimate of drug-likeness (QED) is 0.836. The van der Waals surface area contributed by atoms with Gasteiger partial charge in [0.05, 0.1) is 6.10 Å². The SMILES string of the molecule is OC(CCCc1ccccc1)Cc1cc(Cl)ccc1F. The van der Waals surface area contributed by atoms with E-state index in [1.807, 2.05) is 18.2 Å². The van der Waals surface area contributed by atoms with Gasteiger partial charge in [-0.2, -0.15) is 0 Å². The van der Waals surface area contributed by atoms with Gasteiger partial charge in [0.25, 0.3) is 0 Å². The molecule has 0 amide bonds. The van der Waals surface area contributed by atoms with Crippen LogP contribution in [0.1, 0.15) is 24.0 Å². The van der Waals surface area contributed by atoms with Crippen molar-refractivity contribution < 1.29 is 9.50 Å². The molecule has 3 heteroatoms. The molecule has 0 radical (unpaired) electrons. The van der Waals surface area contributed by atoms with Crippen LogP contribution < -0.4 is 0 Å². The Hall–Kier alpha value is -1.38. The molecule has 1 atom stereocenters. The van der Waals surface area contributed by atoms with Gasteiger partial charge in [-0.3, -0.25) is 0 Å². The number of hydrogen-bond acceptors (Lipinski definition) is 1. The van der Waals surface area contributed by atoms with Crippen molar-refractivity contribution in [1.82, 2.24) is 0 Å². The van der Waals surface area contributed by atoms with Crippen LogP contribution in [0.25, 0.3) is 0 Å². The van der Waals surface area contributed by atoms with E-state index < -0.39 is 6.10 Å². The molecule has 0 bridgehead atoms. The normalized spacial score (nSPS) is 12.3. The molecule has 2 aromatic carbocycles. The van der Waals surface area contributed by atoms with Crippen LogP contribution in [0.2, 0.25) is 5.02 Å². The van der Waals surface area contributed by atoms with Crippen molar-refractivity contribution in [3.05, 3.63) is 70.5 Å². The van der Waals surface area contributed by atoms with E-state index in [0.717, 1.165) is 12.8 Å². The number of benzene rings is 2. The Morgan fingerprint density at radius 1 is 1.10 bits per heavy atom. The maximum Gasteiger partial charge on any atom is 0.126 e. The van der Waals surface area contributed by atoms with Crippen molar-refractivity contribution >= 4 is 11.6 Å². The average Bonchev–Trinajstić information content (AvgIpc) is 2.44. The molecule has 0 fully saturated rings. The lowest BCUT2D eigenvalue weighted by atomic mass is 10.0. The van der Waals surface area contributed by atoms with Crippen LogP contribution in [0.5, 0.6) is 0 Å². The molecule has 0 aliphatic heterocycles. The monoisotopic (exact) mass is 292 g/mol. The number of halogens is 2. The standard InChI is InChI=1S/C17H18ClFO/c18-15-9-10-17(19)14(11-15)12-16(20)8-4-7-13-5-2-1-3-6-13/h1-3,5-6,9-11,16,20H,4,7-8,12H2. The molecule has 20 heavy (non-hydrogen) atoms. The first-order valence-corrected chi connectivity index (χ1v) is 7.19. The minimum absolute atomic E-state index is 0.307. The third-order valence-corrected chi connectivity index (χ3v) is 3.54. The summed E-state index contributed by atoms with van der Waals surface area (Å²) >= 11 is 5.84. The molecular weight excluding hydrogens is 275 g/mol. The van der Waals surface area contributed by atoms with E-state index in [4.69, 9.17) is 11.6 Å². The van der Waals surface area contributed by atoms with Gasteiger partial charge in [-0.25, -0.2) is 4.39 Å². The van der Waals surface area contributed by atoms with Crippen LogP contribution in [0.15, 0.2) is 48.5 Å². The van der Waals surface area contributed by atoms with Crippen molar-refractivity contribution in [1.29, 1.82) is 0 Å². The molecule has 0 aliphatic rings. The fourth-order valence-corrected chi connectivity index (χ4v) is 2.44. The molecule has 1 unspecified atom stereocenters. The van der Waals surface area contributed by atoms with Crippen LogP contribution in [0, 0.1) is 5.82 Å². The first-order chi connectivity index (χ1) is 9.65. The number of aliphatic hydroxyl groups excluding tert-OH is 1. The maximum atomic E-state index is 13.5. The summed E-state index contributed by atoms with van der Waals surface area (Å²) in [5.41, 5.74) is 1.73. The summed E-state index contributed by atoms with van der Waals surface area (Å²) in [7, 11) is 0. The summed E-state index contributed by atoms with van der Waals surface area (Å²) in [6, 6.07) is 14.6. The smallest absolute Gasteiger partial charge is 0.126 e. The zero-order chi connectivity index (χ0) is 14.4. The predicted octanol–water partition coefficient (Wildman–Crippen LogP) is 4.41. The Bertz CT molecular complexity index is 542. The van der Waals surface area contributed by atoms with E-state index in [-0.39, 0.29) is 5.82 Å². The van der Waals surface area contributed by atoms with E-state index in [0.29, 0.717) is 23.4 Å². The number of rotatable bonds is 6. The second-order valence-corrected chi connectivity index (χ2v) is 5.41. The number of hydrogen-bond donors (Lipinski definition) is 1. The first-order valence-electron chi connectivity index (χ1n) is 6.81. The lowest BCUT2D eigenvalue weighted by molar-refractivity contribution is 0.161. The molecule has 2 aromatic rings. The Morgan fingerprint density at radius 2 is 1.85 bits per heavy atom. The van der Waals surface area contributed by atoms with Gasteiger partial charge in [-0.15, -0.1) is 0 Å². The van der Waals surface area contributed by atoms with E-state index in [2.05, 4.69) is 12.1 Å². The molecule has 2 rings (SSSR count). The highest BCUT2D eigenvalue weighted by molar-refractivity contribution is 6.30. The van der Waals surface area contributed by atoms with Crippen LogP contribution >= 0.6 is 11.6 Å². The van der Waals surface area contributed by atoms with Gasteiger partial charge in [0.2, 0.25) is 0 Å². The fourth-order valence-electron chi connectivity index (χ4n) is 2.24. The zero-order valence-electron chi connectivity index (χ0n) is 11.2. The largest absolute Gasteiger partial charge is 0.393 e. The van der Waals surface area contributed by atoms with Gasteiger partial charge in [0, 0.05) is 11.4 Å². The molecule has 0 saturated carbocycles. The molecule has 0 aliphatic carbocycles. The van der Waals surface area contributed by atoms with Crippen molar-refractivity contribution in [2.24, 2.45) is 0 Å². The average molecular weight is 293 g/mol. The molecule has 1 N–H and O–H groups in total. The van der Waals surface area contributed by atoms with Crippen molar-refractivity contribution in [2.75, 3.05) is 0 Å². The Balaban J connectivity index is 1.80. The highest BCUT2D eigenvalue weighted by Gasteiger charge is 2.10. The highest BCUT2D eigenvalue weighted by Crippen LogP contribution is 2.18. The van der Waals surface area contributed by atoms with Crippen LogP contribution in [0.4, 0.5) is 4.39 Å². The minimum atomic E-state index is -0.535. The Kier molecular flexibility index (Phi) is 5.57. The van der Waals surface area contributed by atoms with Crippen LogP contribution in [-0.2, 0) is 12.8 Å². The molecule has 0 heterocycles. The fraction of sp³-hybridized carbons (Fsp3) is 0.294. The van der Waals surface area contributed by atoms with Gasteiger partial charge in [0.15, 0.2) is 0 Å². The van der Waals surface area contributed by atoms with E-state index in [1.54, 1.807) is 6.07 Å². The first kappa shape index (κ1) is 15.0. The third kappa shape index (κ3) is 4.62. The van der Waals surface area contributed by atoms with Gasteiger partial charge in [-0.05, 0) is 48.6 Å².